The molecule has 1 amide bonds. The average Bonchev–Trinajstić information content (AvgIpc) is 3.48. The molecule has 1 aromatic heterocycles. The molecule has 1 saturated heterocycles. The van der Waals surface area contributed by atoms with Crippen LogP contribution in [0.4, 0.5) is 0 Å². The molecule has 15 nitrogen and oxygen atoms in total. The Labute approximate surface area is 259 Å². The van der Waals surface area contributed by atoms with E-state index in [9.17, 15) is 38.4 Å². The summed E-state index contributed by atoms with van der Waals surface area (Å²) in [6, 6.07) is 16.5. The Hall–Kier alpha value is -3.77. The number of amides is 1. The maximum atomic E-state index is 12.4. The van der Waals surface area contributed by atoms with Crippen molar-refractivity contribution in [3.8, 4) is 22.4 Å². The fourth-order valence-electron chi connectivity index (χ4n) is 4.99. The molecule has 4 rings (SSSR count). The molecule has 6 atom stereocenters. The molecule has 2 heterocycles. The normalized spacial score (nSPS) is 23.3. The van der Waals surface area contributed by atoms with Crippen molar-refractivity contribution in [2.75, 3.05) is 19.4 Å². The van der Waals surface area contributed by atoms with Crippen LogP contribution in [0.3, 0.4) is 0 Å². The van der Waals surface area contributed by atoms with Gasteiger partial charge in [0.1, 0.15) is 17.9 Å². The molecule has 1 aliphatic rings. The molecule has 16 heteroatoms. The number of nitrogens with one attached hydrogen (secondary N) is 2. The molecule has 1 aliphatic heterocycles. The van der Waals surface area contributed by atoms with E-state index >= 15 is 0 Å². The molecule has 244 valence electrons. The number of carbonyl (C=O) groups is 2. The van der Waals surface area contributed by atoms with Crippen LogP contribution in [-0.2, 0) is 35.6 Å². The predicted octanol–water partition coefficient (Wildman–Crippen LogP) is -0.275. The van der Waals surface area contributed by atoms with Gasteiger partial charge >= 0.3 is 5.97 Å². The number of hydrogen-bond acceptors (Lipinski definition) is 11. The van der Waals surface area contributed by atoms with Crippen LogP contribution in [0.25, 0.3) is 22.4 Å². The van der Waals surface area contributed by atoms with Crippen molar-refractivity contribution in [3.05, 3.63) is 60.8 Å². The predicted molar refractivity (Wildman–Crippen MR) is 160 cm³/mol. The second-order valence-electron chi connectivity index (χ2n) is 10.8. The summed E-state index contributed by atoms with van der Waals surface area (Å²) in [4.78, 5) is 24.2. The van der Waals surface area contributed by atoms with E-state index in [2.05, 4.69) is 15.6 Å². The summed E-state index contributed by atoms with van der Waals surface area (Å²) in [6.07, 6.45) is -4.73. The summed E-state index contributed by atoms with van der Waals surface area (Å²) in [7, 11) is -3.74. The first-order valence-corrected chi connectivity index (χ1v) is 16.0. The topological polar surface area (TPSA) is 222 Å². The van der Waals surface area contributed by atoms with Crippen molar-refractivity contribution >= 4 is 21.9 Å². The summed E-state index contributed by atoms with van der Waals surface area (Å²) >= 11 is 0. The molecule has 6 N–H and O–H groups in total. The molecule has 45 heavy (non-hydrogen) atoms. The number of aliphatic carboxylic acids is 1. The Morgan fingerprint density at radius 1 is 1.11 bits per heavy atom. The Morgan fingerprint density at radius 2 is 1.76 bits per heavy atom. The van der Waals surface area contributed by atoms with Crippen LogP contribution in [-0.4, -0.2) is 111 Å². The van der Waals surface area contributed by atoms with Crippen LogP contribution in [0, 0.1) is 0 Å². The summed E-state index contributed by atoms with van der Waals surface area (Å²) in [6.45, 7) is 0.624. The lowest BCUT2D eigenvalue weighted by Crippen LogP contribution is -2.68. The highest BCUT2D eigenvalue weighted by atomic mass is 32.2. The van der Waals surface area contributed by atoms with Gasteiger partial charge in [-0.15, -0.1) is 5.10 Å². The number of hydrogen-bond donors (Lipinski definition) is 6. The first kappa shape index (κ1) is 34.1. The highest BCUT2D eigenvalue weighted by Crippen LogP contribution is 2.34. The molecule has 1 fully saturated rings. The number of carboxylic acids is 1. The van der Waals surface area contributed by atoms with Gasteiger partial charge < -0.3 is 35.2 Å². The molecule has 0 bridgehead atoms. The maximum absolute atomic E-state index is 12.4. The lowest BCUT2D eigenvalue weighted by Gasteiger charge is -2.46. The molecule has 0 unspecified atom stereocenters. The lowest BCUT2D eigenvalue weighted by molar-refractivity contribution is -0.310. The Kier molecular flexibility index (Phi) is 11.0. The molecule has 0 aliphatic carbocycles. The van der Waals surface area contributed by atoms with Gasteiger partial charge in [0.2, 0.25) is 15.9 Å². The van der Waals surface area contributed by atoms with Crippen molar-refractivity contribution in [3.63, 3.8) is 0 Å². The smallest absolute Gasteiger partial charge is 0.364 e. The van der Waals surface area contributed by atoms with E-state index < -0.39 is 71.1 Å². The van der Waals surface area contributed by atoms with E-state index in [-0.39, 0.29) is 13.0 Å². The summed E-state index contributed by atoms with van der Waals surface area (Å²) in [5.74, 6) is -4.67. The second kappa shape index (κ2) is 14.6. The van der Waals surface area contributed by atoms with Gasteiger partial charge in [-0.25, -0.2) is 17.9 Å². The number of carboxylic acid groups (broad SMARTS) is 1. The third-order valence-electron chi connectivity index (χ3n) is 7.25. The molecule has 0 saturated carbocycles. The van der Waals surface area contributed by atoms with Crippen LogP contribution < -0.4 is 10.0 Å². The van der Waals surface area contributed by atoms with Crippen molar-refractivity contribution in [2.45, 2.75) is 62.6 Å². The number of carbonyl (C=O) groups excluding carboxylic acids is 1. The molecule has 0 radical (unpaired) electrons. The molecular weight excluding hydrogens is 610 g/mol. The highest BCUT2D eigenvalue weighted by molar-refractivity contribution is 7.88. The minimum Gasteiger partial charge on any atom is -0.477 e. The number of aliphatic hydroxyl groups is 3. The lowest BCUT2D eigenvalue weighted by atomic mass is 9.88. The zero-order valence-corrected chi connectivity index (χ0v) is 25.5. The van der Waals surface area contributed by atoms with Gasteiger partial charge in [0.05, 0.1) is 37.3 Å². The molecular formula is C29H37N5O10S. The van der Waals surface area contributed by atoms with Crippen molar-refractivity contribution in [1.82, 2.24) is 25.0 Å². The van der Waals surface area contributed by atoms with E-state index in [1.54, 1.807) is 10.9 Å². The van der Waals surface area contributed by atoms with E-state index in [4.69, 9.17) is 9.47 Å². The van der Waals surface area contributed by atoms with E-state index in [0.29, 0.717) is 12.2 Å². The molecule has 3 aromatic rings. The number of sulfonamides is 1. The zero-order chi connectivity index (χ0) is 32.8. The van der Waals surface area contributed by atoms with Gasteiger partial charge in [-0.2, -0.15) is 0 Å². The van der Waals surface area contributed by atoms with Crippen molar-refractivity contribution in [2.24, 2.45) is 0 Å². The van der Waals surface area contributed by atoms with Crippen LogP contribution in [0.1, 0.15) is 19.8 Å². The quantitative estimate of drug-likeness (QED) is 0.124. The van der Waals surface area contributed by atoms with E-state index in [0.717, 1.165) is 29.9 Å². The monoisotopic (exact) mass is 647 g/mol. The molecule has 2 aromatic carbocycles. The van der Waals surface area contributed by atoms with Crippen LogP contribution >= 0.6 is 0 Å². The largest absolute Gasteiger partial charge is 0.477 e. The van der Waals surface area contributed by atoms with Crippen LogP contribution in [0.2, 0.25) is 0 Å². The second-order valence-corrected chi connectivity index (χ2v) is 12.7. The van der Waals surface area contributed by atoms with Crippen molar-refractivity contribution in [1.29, 1.82) is 0 Å². The fourth-order valence-corrected chi connectivity index (χ4v) is 5.47. The summed E-state index contributed by atoms with van der Waals surface area (Å²) in [5.41, 5.74) is 3.65. The van der Waals surface area contributed by atoms with E-state index in [1.165, 1.54) is 0 Å². The number of rotatable bonds is 14. The zero-order valence-electron chi connectivity index (χ0n) is 24.7. The first-order valence-electron chi connectivity index (χ1n) is 14.1. The third kappa shape index (κ3) is 8.91. The van der Waals surface area contributed by atoms with Gasteiger partial charge in [-0.3, -0.25) is 9.48 Å². The summed E-state index contributed by atoms with van der Waals surface area (Å²) < 4.78 is 37.8. The Balaban J connectivity index is 1.39. The summed E-state index contributed by atoms with van der Waals surface area (Å²) in [5, 5.41) is 52.8. The van der Waals surface area contributed by atoms with Crippen molar-refractivity contribution < 1.29 is 47.9 Å². The Morgan fingerprint density at radius 3 is 2.38 bits per heavy atom. The standard InChI is InChI=1S/C29H37N5O10S/c1-18(35)31-25-23(36)15-29(28(39)40,44-27(25)26(38)24(37)16-30-45(2,41)42)43-14-6-13-34-17-22(32-33-34)21-11-9-20(10-12-21)19-7-4-3-5-8-19/h3-5,7-12,17,23-27,30,36-38H,6,13-16H2,1-2H3,(H,31,35)(H,39,40)/t23-,24+,25+,26+,27+,29+/m0/s1. The molecule has 0 spiro atoms. The Bertz CT molecular complexity index is 1550. The van der Waals surface area contributed by atoms with Crippen LogP contribution in [0.5, 0.6) is 0 Å². The number of aromatic nitrogens is 3. The number of nitrogens with zero attached hydrogens (tertiary/aromatic N) is 3. The van der Waals surface area contributed by atoms with E-state index in [1.807, 2.05) is 59.3 Å². The first-order chi connectivity index (χ1) is 21.3. The minimum atomic E-state index is -3.74. The van der Waals surface area contributed by atoms with Gasteiger partial charge in [0.15, 0.2) is 0 Å². The van der Waals surface area contributed by atoms with Gasteiger partial charge in [-0.05, 0) is 17.5 Å². The fraction of sp³-hybridized carbons (Fsp3) is 0.448. The van der Waals surface area contributed by atoms with Gasteiger partial charge in [-0.1, -0.05) is 59.8 Å². The number of benzene rings is 2. The number of aliphatic hydroxyl groups excluding tert-OH is 3. The number of ether oxygens (including phenoxy) is 2. The minimum absolute atomic E-state index is 0.175. The van der Waals surface area contributed by atoms with Gasteiger partial charge in [0, 0.05) is 32.0 Å². The maximum Gasteiger partial charge on any atom is 0.364 e. The third-order valence-corrected chi connectivity index (χ3v) is 7.94. The number of aryl methyl sites for hydroxylation is 1. The van der Waals surface area contributed by atoms with Gasteiger partial charge in [0.25, 0.3) is 5.79 Å². The average molecular weight is 648 g/mol. The SMILES string of the molecule is CC(=O)N[C@H]1[C@H]([C@H](O)[C@H](O)CNS(C)(=O)=O)O[C@@](OCCCn2cc(-c3ccc(-c4ccccc4)cc3)nn2)(C(=O)O)C[C@@H]1O. The van der Waals surface area contributed by atoms with Crippen LogP contribution in [0.15, 0.2) is 60.8 Å². The highest BCUT2D eigenvalue weighted by Gasteiger charge is 2.55.